The van der Waals surface area contributed by atoms with Gasteiger partial charge < -0.3 is 27.9 Å². The number of nitrogens with zero attached hydrogens (tertiary/aromatic N) is 1. The predicted octanol–water partition coefficient (Wildman–Crippen LogP) is 10.7. The van der Waals surface area contributed by atoms with Crippen LogP contribution in [0.25, 0.3) is 0 Å². The SMILES string of the molecule is CCCCCCCCCCCCCCCCCCCCCC(=O)OC(COCCCCCCCCC)COP(=O)([O-])OCC[N+](C)(C)C. The molecule has 9 heteroatoms. The Balaban J connectivity index is 4.08. The van der Waals surface area contributed by atoms with Crippen LogP contribution >= 0.6 is 7.82 Å². The Hall–Kier alpha value is -0.500. The Morgan fingerprint density at radius 2 is 0.958 bits per heavy atom. The third-order valence-corrected chi connectivity index (χ3v) is 9.87. The summed E-state index contributed by atoms with van der Waals surface area (Å²) in [7, 11) is 1.37. The van der Waals surface area contributed by atoms with Crippen LogP contribution < -0.4 is 4.89 Å². The lowest BCUT2D eigenvalue weighted by Gasteiger charge is -2.28. The molecule has 0 aliphatic carbocycles. The van der Waals surface area contributed by atoms with Gasteiger partial charge in [-0.05, 0) is 12.8 Å². The Kier molecular flexibility index (Phi) is 33.3. The van der Waals surface area contributed by atoms with E-state index in [1.54, 1.807) is 0 Å². The lowest BCUT2D eigenvalue weighted by Crippen LogP contribution is -2.37. The van der Waals surface area contributed by atoms with Crippen molar-refractivity contribution in [1.82, 2.24) is 0 Å². The summed E-state index contributed by atoms with van der Waals surface area (Å²) in [6, 6.07) is 0. The van der Waals surface area contributed by atoms with Gasteiger partial charge in [0.25, 0.3) is 7.82 Å². The van der Waals surface area contributed by atoms with Gasteiger partial charge in [-0.25, -0.2) is 0 Å². The van der Waals surface area contributed by atoms with Crippen molar-refractivity contribution in [3.63, 3.8) is 0 Å². The lowest BCUT2D eigenvalue weighted by molar-refractivity contribution is -0.870. The van der Waals surface area contributed by atoms with Crippen LogP contribution in [0.15, 0.2) is 0 Å². The summed E-state index contributed by atoms with van der Waals surface area (Å²) in [4.78, 5) is 24.9. The van der Waals surface area contributed by atoms with E-state index in [9.17, 15) is 14.3 Å². The van der Waals surface area contributed by atoms with Gasteiger partial charge in [-0.2, -0.15) is 0 Å². The van der Waals surface area contributed by atoms with Crippen molar-refractivity contribution >= 4 is 13.8 Å². The minimum absolute atomic E-state index is 0.0306. The van der Waals surface area contributed by atoms with Crippen LogP contribution in [0.1, 0.15) is 187 Å². The maximum atomic E-state index is 12.6. The van der Waals surface area contributed by atoms with Crippen molar-refractivity contribution < 1.29 is 37.3 Å². The van der Waals surface area contributed by atoms with E-state index in [0.717, 1.165) is 32.1 Å². The Labute approximate surface area is 298 Å². The molecule has 48 heavy (non-hydrogen) atoms. The smallest absolute Gasteiger partial charge is 0.306 e. The molecule has 0 aromatic carbocycles. The summed E-state index contributed by atoms with van der Waals surface area (Å²) in [6.45, 7) is 5.41. The molecule has 0 N–H and O–H groups in total. The third-order valence-electron chi connectivity index (χ3n) is 8.91. The maximum absolute atomic E-state index is 12.6. The highest BCUT2D eigenvalue weighted by Gasteiger charge is 2.20. The van der Waals surface area contributed by atoms with E-state index in [2.05, 4.69) is 13.8 Å². The summed E-state index contributed by atoms with van der Waals surface area (Å²) in [6.07, 6.45) is 32.6. The number of carbonyl (C=O) groups excluding carboxylic acids is 1. The second kappa shape index (κ2) is 33.6. The molecule has 0 fully saturated rings. The minimum atomic E-state index is -4.50. The highest BCUT2D eigenvalue weighted by atomic mass is 31.2. The fraction of sp³-hybridized carbons (Fsp3) is 0.974. The van der Waals surface area contributed by atoms with Gasteiger partial charge in [-0.3, -0.25) is 9.36 Å². The molecular weight excluding hydrogens is 625 g/mol. The number of phosphoric ester groups is 1. The second-order valence-electron chi connectivity index (χ2n) is 15.0. The molecule has 0 aliphatic rings. The van der Waals surface area contributed by atoms with Crippen LogP contribution in [-0.4, -0.2) is 70.7 Å². The van der Waals surface area contributed by atoms with Crippen LogP contribution in [0.2, 0.25) is 0 Å². The summed E-state index contributed by atoms with van der Waals surface area (Å²) in [5.74, 6) is -0.332. The summed E-state index contributed by atoms with van der Waals surface area (Å²) < 4.78 is 34.3. The summed E-state index contributed by atoms with van der Waals surface area (Å²) in [5, 5.41) is 0. The number of carbonyl (C=O) groups is 1. The van der Waals surface area contributed by atoms with Crippen molar-refractivity contribution in [3.05, 3.63) is 0 Å². The number of unbranched alkanes of at least 4 members (excludes halogenated alkanes) is 24. The van der Waals surface area contributed by atoms with Crippen LogP contribution in [0, 0.1) is 0 Å². The molecular formula is C39H80NO7P. The van der Waals surface area contributed by atoms with Gasteiger partial charge in [-0.15, -0.1) is 0 Å². The molecule has 0 radical (unpaired) electrons. The number of phosphoric acid groups is 1. The molecule has 0 amide bonds. The van der Waals surface area contributed by atoms with E-state index < -0.39 is 13.9 Å². The van der Waals surface area contributed by atoms with Crippen LogP contribution in [0.4, 0.5) is 0 Å². The van der Waals surface area contributed by atoms with Crippen molar-refractivity contribution in [2.24, 2.45) is 0 Å². The molecule has 0 rings (SSSR count). The Bertz CT molecular complexity index is 746. The summed E-state index contributed by atoms with van der Waals surface area (Å²) >= 11 is 0. The van der Waals surface area contributed by atoms with Crippen LogP contribution in [0.3, 0.4) is 0 Å². The molecule has 0 spiro atoms. The molecule has 8 nitrogen and oxygen atoms in total. The molecule has 0 saturated carbocycles. The number of hydrogen-bond acceptors (Lipinski definition) is 7. The normalized spacial score (nSPS) is 13.9. The highest BCUT2D eigenvalue weighted by Crippen LogP contribution is 2.38. The Morgan fingerprint density at radius 1 is 0.562 bits per heavy atom. The molecule has 2 unspecified atom stereocenters. The largest absolute Gasteiger partial charge is 0.756 e. The molecule has 0 bridgehead atoms. The maximum Gasteiger partial charge on any atom is 0.306 e. The predicted molar refractivity (Wildman–Crippen MR) is 199 cm³/mol. The van der Waals surface area contributed by atoms with E-state index in [1.807, 2.05) is 21.1 Å². The van der Waals surface area contributed by atoms with E-state index in [0.29, 0.717) is 24.1 Å². The molecule has 0 aromatic rings. The topological polar surface area (TPSA) is 94.1 Å². The molecule has 288 valence electrons. The summed E-state index contributed by atoms with van der Waals surface area (Å²) in [5.41, 5.74) is 0. The fourth-order valence-corrected chi connectivity index (χ4v) is 6.45. The van der Waals surface area contributed by atoms with Crippen molar-refractivity contribution in [2.45, 2.75) is 193 Å². The van der Waals surface area contributed by atoms with Crippen molar-refractivity contribution in [1.29, 1.82) is 0 Å². The van der Waals surface area contributed by atoms with Gasteiger partial charge in [0.1, 0.15) is 19.3 Å². The monoisotopic (exact) mass is 706 g/mol. The average molecular weight is 706 g/mol. The fourth-order valence-electron chi connectivity index (χ4n) is 5.72. The minimum Gasteiger partial charge on any atom is -0.756 e. The zero-order valence-electron chi connectivity index (χ0n) is 32.5. The third kappa shape index (κ3) is 36.8. The first-order valence-electron chi connectivity index (χ1n) is 20.3. The van der Waals surface area contributed by atoms with Gasteiger partial charge in [0.2, 0.25) is 0 Å². The van der Waals surface area contributed by atoms with Gasteiger partial charge in [0, 0.05) is 13.0 Å². The Morgan fingerprint density at radius 3 is 1.38 bits per heavy atom. The first-order valence-corrected chi connectivity index (χ1v) is 21.7. The molecule has 2 atom stereocenters. The van der Waals surface area contributed by atoms with Gasteiger partial charge in [0.05, 0.1) is 34.4 Å². The van der Waals surface area contributed by atoms with Crippen molar-refractivity contribution in [2.75, 3.05) is 54.1 Å². The molecule has 0 heterocycles. The number of hydrogen-bond donors (Lipinski definition) is 0. The first-order chi connectivity index (χ1) is 23.1. The van der Waals surface area contributed by atoms with E-state index in [-0.39, 0.29) is 25.8 Å². The van der Waals surface area contributed by atoms with E-state index >= 15 is 0 Å². The molecule has 0 aliphatic heterocycles. The van der Waals surface area contributed by atoms with Gasteiger partial charge >= 0.3 is 5.97 Å². The number of ether oxygens (including phenoxy) is 2. The first kappa shape index (κ1) is 47.5. The standard InChI is InChI=1S/C39H80NO7P/c1-6-8-10-12-14-15-16-17-18-19-20-21-22-23-24-25-26-28-30-32-39(41)47-38(36-44-34-31-29-27-13-11-9-7-2)37-46-48(42,43)45-35-33-40(3,4)5/h38H,6-37H2,1-5H3. The number of rotatable bonds is 38. The zero-order chi connectivity index (χ0) is 35.6. The van der Waals surface area contributed by atoms with E-state index in [4.69, 9.17) is 18.5 Å². The number of esters is 1. The quantitative estimate of drug-likeness (QED) is 0.0273. The molecule has 0 saturated heterocycles. The number of quaternary nitrogens is 1. The molecule has 0 aromatic heterocycles. The lowest BCUT2D eigenvalue weighted by atomic mass is 10.0. The van der Waals surface area contributed by atoms with E-state index in [1.165, 1.54) is 135 Å². The number of likely N-dealkylation sites (N-methyl/N-ethyl adjacent to an activating group) is 1. The van der Waals surface area contributed by atoms with Crippen LogP contribution in [-0.2, 0) is 27.9 Å². The average Bonchev–Trinajstić information content (AvgIpc) is 3.03. The van der Waals surface area contributed by atoms with Gasteiger partial charge in [0.15, 0.2) is 0 Å². The highest BCUT2D eigenvalue weighted by molar-refractivity contribution is 7.45. The van der Waals surface area contributed by atoms with Crippen LogP contribution in [0.5, 0.6) is 0 Å². The second-order valence-corrected chi connectivity index (χ2v) is 16.4. The van der Waals surface area contributed by atoms with Gasteiger partial charge in [-0.1, -0.05) is 168 Å². The zero-order valence-corrected chi connectivity index (χ0v) is 33.4. The van der Waals surface area contributed by atoms with Crippen molar-refractivity contribution in [3.8, 4) is 0 Å².